The predicted octanol–water partition coefficient (Wildman–Crippen LogP) is 4.12. The molecular formula is C16H15ClN2. The standard InChI is InChI=1S/C16H15ClN2/c1-10-6-4-5-7-13(10)8-14-11(2)15(9-18)16(17)19-12(14)3/h4-7H,8H2,1-3H3. The molecule has 0 saturated carbocycles. The van der Waals surface area contributed by atoms with Crippen LogP contribution in [-0.4, -0.2) is 4.98 Å². The molecule has 0 aliphatic heterocycles. The van der Waals surface area contributed by atoms with E-state index in [0.717, 1.165) is 23.2 Å². The largest absolute Gasteiger partial charge is 0.240 e. The van der Waals surface area contributed by atoms with Gasteiger partial charge in [-0.3, -0.25) is 0 Å². The Kier molecular flexibility index (Phi) is 3.87. The topological polar surface area (TPSA) is 36.7 Å². The summed E-state index contributed by atoms with van der Waals surface area (Å²) in [4.78, 5) is 4.27. The number of aromatic nitrogens is 1. The molecule has 0 spiro atoms. The van der Waals surface area contributed by atoms with Crippen molar-refractivity contribution >= 4 is 11.6 Å². The van der Waals surface area contributed by atoms with Gasteiger partial charge in [0.15, 0.2) is 0 Å². The van der Waals surface area contributed by atoms with Crippen molar-refractivity contribution in [2.45, 2.75) is 27.2 Å². The van der Waals surface area contributed by atoms with Crippen molar-refractivity contribution in [1.82, 2.24) is 4.98 Å². The van der Waals surface area contributed by atoms with Crippen LogP contribution in [0.2, 0.25) is 5.15 Å². The van der Waals surface area contributed by atoms with Crippen LogP contribution in [0, 0.1) is 32.1 Å². The number of nitriles is 1. The average Bonchev–Trinajstić information content (AvgIpc) is 2.36. The van der Waals surface area contributed by atoms with E-state index in [9.17, 15) is 0 Å². The van der Waals surface area contributed by atoms with Crippen LogP contribution in [0.25, 0.3) is 0 Å². The molecule has 0 amide bonds. The molecule has 1 aromatic heterocycles. The van der Waals surface area contributed by atoms with E-state index < -0.39 is 0 Å². The van der Waals surface area contributed by atoms with Gasteiger partial charge >= 0.3 is 0 Å². The smallest absolute Gasteiger partial charge is 0.147 e. The SMILES string of the molecule is Cc1ccccc1Cc1c(C)nc(Cl)c(C#N)c1C. The molecule has 2 aromatic rings. The maximum Gasteiger partial charge on any atom is 0.147 e. The first-order valence-electron chi connectivity index (χ1n) is 6.14. The molecule has 1 heterocycles. The lowest BCUT2D eigenvalue weighted by Crippen LogP contribution is -2.03. The number of aryl methyl sites for hydroxylation is 2. The first-order chi connectivity index (χ1) is 9.04. The molecule has 0 N–H and O–H groups in total. The van der Waals surface area contributed by atoms with E-state index >= 15 is 0 Å². The van der Waals surface area contributed by atoms with E-state index in [-0.39, 0.29) is 0 Å². The quantitative estimate of drug-likeness (QED) is 0.770. The third-order valence-corrected chi connectivity index (χ3v) is 3.75. The Morgan fingerprint density at radius 3 is 2.53 bits per heavy atom. The first-order valence-corrected chi connectivity index (χ1v) is 6.52. The summed E-state index contributed by atoms with van der Waals surface area (Å²) in [5, 5.41) is 9.46. The second-order valence-electron chi connectivity index (χ2n) is 4.68. The summed E-state index contributed by atoms with van der Waals surface area (Å²) in [6, 6.07) is 10.4. The van der Waals surface area contributed by atoms with Crippen molar-refractivity contribution in [3.8, 4) is 6.07 Å². The highest BCUT2D eigenvalue weighted by atomic mass is 35.5. The summed E-state index contributed by atoms with van der Waals surface area (Å²) >= 11 is 6.01. The summed E-state index contributed by atoms with van der Waals surface area (Å²) in [6.07, 6.45) is 0.781. The van der Waals surface area contributed by atoms with Gasteiger partial charge in [-0.05, 0) is 49.4 Å². The monoisotopic (exact) mass is 270 g/mol. The number of nitrogens with zero attached hydrogens (tertiary/aromatic N) is 2. The zero-order chi connectivity index (χ0) is 14.0. The molecule has 2 nitrogen and oxygen atoms in total. The summed E-state index contributed by atoms with van der Waals surface area (Å²) < 4.78 is 0. The van der Waals surface area contributed by atoms with Crippen LogP contribution in [0.15, 0.2) is 24.3 Å². The third kappa shape index (κ3) is 2.62. The highest BCUT2D eigenvalue weighted by Gasteiger charge is 2.14. The van der Waals surface area contributed by atoms with Crippen LogP contribution >= 0.6 is 11.6 Å². The number of rotatable bonds is 2. The number of pyridine rings is 1. The van der Waals surface area contributed by atoms with Gasteiger partial charge in [0, 0.05) is 5.69 Å². The van der Waals surface area contributed by atoms with Crippen molar-refractivity contribution in [1.29, 1.82) is 5.26 Å². The molecule has 3 heteroatoms. The van der Waals surface area contributed by atoms with Gasteiger partial charge < -0.3 is 0 Å². The van der Waals surface area contributed by atoms with E-state index in [1.54, 1.807) is 0 Å². The van der Waals surface area contributed by atoms with Crippen LogP contribution in [0.1, 0.15) is 33.5 Å². The first kappa shape index (κ1) is 13.6. The van der Waals surface area contributed by atoms with Gasteiger partial charge in [0.05, 0.1) is 5.56 Å². The minimum absolute atomic E-state index is 0.297. The number of hydrogen-bond acceptors (Lipinski definition) is 2. The van der Waals surface area contributed by atoms with Crippen LogP contribution < -0.4 is 0 Å². The molecule has 96 valence electrons. The summed E-state index contributed by atoms with van der Waals surface area (Å²) in [7, 11) is 0. The van der Waals surface area contributed by atoms with E-state index in [2.05, 4.69) is 30.1 Å². The van der Waals surface area contributed by atoms with Gasteiger partial charge in [-0.25, -0.2) is 4.98 Å². The summed E-state index contributed by atoms with van der Waals surface area (Å²) in [5.74, 6) is 0. The van der Waals surface area contributed by atoms with E-state index in [1.807, 2.05) is 26.0 Å². The van der Waals surface area contributed by atoms with Crippen LogP contribution in [0.4, 0.5) is 0 Å². The maximum atomic E-state index is 9.16. The van der Waals surface area contributed by atoms with E-state index in [4.69, 9.17) is 16.9 Å². The van der Waals surface area contributed by atoms with Gasteiger partial charge in [-0.1, -0.05) is 35.9 Å². The molecule has 0 aliphatic rings. The lowest BCUT2D eigenvalue weighted by Gasteiger charge is -2.13. The second-order valence-corrected chi connectivity index (χ2v) is 5.04. The van der Waals surface area contributed by atoms with Crippen molar-refractivity contribution in [3.05, 3.63) is 62.9 Å². The fourth-order valence-electron chi connectivity index (χ4n) is 2.24. The Bertz CT molecular complexity index is 669. The van der Waals surface area contributed by atoms with Gasteiger partial charge in [-0.2, -0.15) is 5.26 Å². The second kappa shape index (κ2) is 5.42. The zero-order valence-electron chi connectivity index (χ0n) is 11.3. The molecule has 0 unspecified atom stereocenters. The fourth-order valence-corrected chi connectivity index (χ4v) is 2.55. The van der Waals surface area contributed by atoms with Gasteiger partial charge in [0.2, 0.25) is 0 Å². The Morgan fingerprint density at radius 2 is 1.89 bits per heavy atom. The van der Waals surface area contributed by atoms with E-state index in [1.165, 1.54) is 11.1 Å². The summed E-state index contributed by atoms with van der Waals surface area (Å²) in [6.45, 7) is 5.97. The molecule has 1 aromatic carbocycles. The predicted molar refractivity (Wildman–Crippen MR) is 77.4 cm³/mol. The highest BCUT2D eigenvalue weighted by molar-refractivity contribution is 6.30. The van der Waals surface area contributed by atoms with Gasteiger partial charge in [0.25, 0.3) is 0 Å². The average molecular weight is 271 g/mol. The minimum atomic E-state index is 0.297. The lowest BCUT2D eigenvalue weighted by molar-refractivity contribution is 1.03. The van der Waals surface area contributed by atoms with Crippen molar-refractivity contribution in [2.75, 3.05) is 0 Å². The number of benzene rings is 1. The Balaban J connectivity index is 2.53. The molecule has 2 rings (SSSR count). The van der Waals surface area contributed by atoms with Gasteiger partial charge in [0.1, 0.15) is 11.2 Å². The fraction of sp³-hybridized carbons (Fsp3) is 0.250. The van der Waals surface area contributed by atoms with Gasteiger partial charge in [-0.15, -0.1) is 0 Å². The minimum Gasteiger partial charge on any atom is -0.240 e. The normalized spacial score (nSPS) is 10.3. The molecule has 0 saturated heterocycles. The number of hydrogen-bond donors (Lipinski definition) is 0. The Labute approximate surface area is 118 Å². The van der Waals surface area contributed by atoms with Crippen molar-refractivity contribution in [3.63, 3.8) is 0 Å². The van der Waals surface area contributed by atoms with E-state index in [0.29, 0.717) is 10.7 Å². The van der Waals surface area contributed by atoms with Crippen LogP contribution in [0.3, 0.4) is 0 Å². The molecule has 0 atom stereocenters. The Hall–Kier alpha value is -1.85. The maximum absolute atomic E-state index is 9.16. The lowest BCUT2D eigenvalue weighted by atomic mass is 9.95. The van der Waals surface area contributed by atoms with Crippen LogP contribution in [0.5, 0.6) is 0 Å². The molecule has 0 bridgehead atoms. The molecule has 19 heavy (non-hydrogen) atoms. The van der Waals surface area contributed by atoms with Crippen molar-refractivity contribution < 1.29 is 0 Å². The highest BCUT2D eigenvalue weighted by Crippen LogP contribution is 2.25. The molecule has 0 aliphatic carbocycles. The summed E-state index contributed by atoms with van der Waals surface area (Å²) in [5.41, 5.74) is 5.90. The van der Waals surface area contributed by atoms with Crippen LogP contribution in [-0.2, 0) is 6.42 Å². The Morgan fingerprint density at radius 1 is 1.21 bits per heavy atom. The molecular weight excluding hydrogens is 256 g/mol. The third-order valence-electron chi connectivity index (χ3n) is 3.48. The number of halogens is 1. The van der Waals surface area contributed by atoms with Crippen molar-refractivity contribution in [2.24, 2.45) is 0 Å². The molecule has 0 radical (unpaired) electrons. The zero-order valence-corrected chi connectivity index (χ0v) is 12.0. The molecule has 0 fully saturated rings.